The van der Waals surface area contributed by atoms with Gasteiger partial charge in [0.05, 0.1) is 12.5 Å². The van der Waals surface area contributed by atoms with E-state index in [2.05, 4.69) is 11.7 Å². The van der Waals surface area contributed by atoms with Crippen molar-refractivity contribution in [2.45, 2.75) is 83.5 Å². The number of fused-ring (bicyclic) bond motifs is 2. The van der Waals surface area contributed by atoms with Gasteiger partial charge in [-0.25, -0.2) is 18.0 Å². The molecule has 0 N–H and O–H groups in total. The van der Waals surface area contributed by atoms with Crippen LogP contribution in [0.5, 0.6) is 0 Å². The van der Waals surface area contributed by atoms with Crippen LogP contribution in [0.25, 0.3) is 10.8 Å². The fourth-order valence-corrected chi connectivity index (χ4v) is 6.37. The number of hydrogen-bond acceptors (Lipinski definition) is 2. The molecule has 0 heterocycles. The van der Waals surface area contributed by atoms with Crippen molar-refractivity contribution in [1.82, 2.24) is 0 Å². The lowest BCUT2D eigenvalue weighted by molar-refractivity contribution is 0.0590. The minimum atomic E-state index is -1.19. The van der Waals surface area contributed by atoms with Crippen molar-refractivity contribution in [2.24, 2.45) is 17.8 Å². The first-order chi connectivity index (χ1) is 15.9. The van der Waals surface area contributed by atoms with Gasteiger partial charge in [0, 0.05) is 0 Å². The van der Waals surface area contributed by atoms with E-state index in [0.29, 0.717) is 5.92 Å². The molecule has 4 unspecified atom stereocenters. The number of ether oxygens (including phenoxy) is 1. The molecule has 0 saturated heterocycles. The molecule has 2 aromatic carbocycles. The van der Waals surface area contributed by atoms with Crippen LogP contribution in [0, 0.1) is 35.2 Å². The fourth-order valence-electron chi connectivity index (χ4n) is 6.37. The predicted molar refractivity (Wildman–Crippen MR) is 125 cm³/mol. The fraction of sp³-hybridized carbons (Fsp3) is 0.607. The third-order valence-electron chi connectivity index (χ3n) is 8.15. The maximum atomic E-state index is 15.0. The first-order valence-corrected chi connectivity index (χ1v) is 12.6. The Bertz CT molecular complexity index is 1000. The lowest BCUT2D eigenvalue weighted by Gasteiger charge is -2.42. The average Bonchev–Trinajstić information content (AvgIpc) is 2.80. The molecule has 0 radical (unpaired) electrons. The van der Waals surface area contributed by atoms with Crippen molar-refractivity contribution >= 4 is 16.7 Å². The summed E-state index contributed by atoms with van der Waals surface area (Å²) in [7, 11) is 1.04. The standard InChI is InChI=1S/C28H35F3O2/c1-3-4-5-6-7-17-8-9-19-13-20(11-10-18(19)12-17)21-14-22-16-24(30)26(28(32)33-2)27(31)25(22)23(29)15-21/h14-20H,3-13H2,1-2H3. The Morgan fingerprint density at radius 3 is 2.45 bits per heavy atom. The van der Waals surface area contributed by atoms with Gasteiger partial charge in [0.2, 0.25) is 0 Å². The lowest BCUT2D eigenvalue weighted by atomic mass is 9.63. The van der Waals surface area contributed by atoms with Crippen LogP contribution in [0.2, 0.25) is 0 Å². The summed E-state index contributed by atoms with van der Waals surface area (Å²) in [5, 5.41) is -0.191. The molecule has 0 aliphatic heterocycles. The molecule has 5 heteroatoms. The van der Waals surface area contributed by atoms with Crippen molar-refractivity contribution in [3.8, 4) is 0 Å². The van der Waals surface area contributed by atoms with Gasteiger partial charge in [0.15, 0.2) is 5.82 Å². The minimum absolute atomic E-state index is 0.158. The summed E-state index contributed by atoms with van der Waals surface area (Å²) in [5.74, 6) is -1.63. The van der Waals surface area contributed by atoms with Gasteiger partial charge in [0.25, 0.3) is 0 Å². The SMILES string of the molecule is CCCCCCC1CCC2CC(c3cc(F)c4c(F)c(C(=O)OC)c(F)cc4c3)CCC2C1. The first-order valence-electron chi connectivity index (χ1n) is 12.6. The monoisotopic (exact) mass is 460 g/mol. The Balaban J connectivity index is 1.48. The van der Waals surface area contributed by atoms with Crippen molar-refractivity contribution in [3.05, 3.63) is 46.8 Å². The van der Waals surface area contributed by atoms with E-state index in [0.717, 1.165) is 49.8 Å². The van der Waals surface area contributed by atoms with E-state index in [9.17, 15) is 18.0 Å². The van der Waals surface area contributed by atoms with Crippen LogP contribution < -0.4 is 0 Å². The summed E-state index contributed by atoms with van der Waals surface area (Å²) in [5.41, 5.74) is -0.0339. The summed E-state index contributed by atoms with van der Waals surface area (Å²) in [6, 6.07) is 4.14. The summed E-state index contributed by atoms with van der Waals surface area (Å²) in [6.45, 7) is 2.25. The molecule has 2 aromatic rings. The van der Waals surface area contributed by atoms with Gasteiger partial charge in [-0.05, 0) is 78.9 Å². The molecule has 0 aromatic heterocycles. The van der Waals surface area contributed by atoms with Crippen LogP contribution in [-0.4, -0.2) is 13.1 Å². The number of methoxy groups -OCH3 is 1. The van der Waals surface area contributed by atoms with Gasteiger partial charge in [0.1, 0.15) is 17.2 Å². The zero-order valence-corrected chi connectivity index (χ0v) is 19.8. The molecular weight excluding hydrogens is 425 g/mol. The third-order valence-corrected chi connectivity index (χ3v) is 8.15. The van der Waals surface area contributed by atoms with E-state index >= 15 is 0 Å². The van der Waals surface area contributed by atoms with Gasteiger partial charge in [-0.3, -0.25) is 0 Å². The average molecular weight is 461 g/mol. The number of carbonyl (C=O) groups is 1. The topological polar surface area (TPSA) is 26.3 Å². The lowest BCUT2D eigenvalue weighted by Crippen LogP contribution is -2.30. The molecule has 0 bridgehead atoms. The summed E-state index contributed by atoms with van der Waals surface area (Å²) in [6.07, 6.45) is 13.7. The largest absolute Gasteiger partial charge is 0.465 e. The van der Waals surface area contributed by atoms with Crippen LogP contribution in [0.1, 0.15) is 99.4 Å². The second kappa shape index (κ2) is 10.5. The molecule has 33 heavy (non-hydrogen) atoms. The number of carbonyl (C=O) groups excluding carboxylic acids is 1. The summed E-state index contributed by atoms with van der Waals surface area (Å²) < 4.78 is 48.7. The van der Waals surface area contributed by atoms with Gasteiger partial charge >= 0.3 is 5.97 Å². The second-order valence-electron chi connectivity index (χ2n) is 10.2. The Hall–Kier alpha value is -2.04. The van der Waals surface area contributed by atoms with Crippen molar-refractivity contribution in [2.75, 3.05) is 7.11 Å². The van der Waals surface area contributed by atoms with Gasteiger partial charge < -0.3 is 4.74 Å². The zero-order chi connectivity index (χ0) is 23.5. The Morgan fingerprint density at radius 1 is 0.939 bits per heavy atom. The molecular formula is C28H35F3O2. The van der Waals surface area contributed by atoms with Crippen LogP contribution in [-0.2, 0) is 4.74 Å². The molecule has 0 amide bonds. The number of esters is 1. The number of halogens is 3. The number of hydrogen-bond donors (Lipinski definition) is 0. The number of rotatable bonds is 7. The highest BCUT2D eigenvalue weighted by Crippen LogP contribution is 2.49. The van der Waals surface area contributed by atoms with E-state index in [4.69, 9.17) is 0 Å². The van der Waals surface area contributed by atoms with Gasteiger partial charge in [-0.1, -0.05) is 51.5 Å². The first kappa shape index (κ1) is 24.1. The van der Waals surface area contributed by atoms with Crippen LogP contribution in [0.3, 0.4) is 0 Å². The molecule has 180 valence electrons. The second-order valence-corrected chi connectivity index (χ2v) is 10.2. The highest BCUT2D eigenvalue weighted by atomic mass is 19.1. The molecule has 2 saturated carbocycles. The third kappa shape index (κ3) is 5.07. The van der Waals surface area contributed by atoms with E-state index < -0.39 is 29.0 Å². The van der Waals surface area contributed by atoms with Crippen molar-refractivity contribution < 1.29 is 22.7 Å². The Morgan fingerprint density at radius 2 is 1.70 bits per heavy atom. The molecule has 4 atom stereocenters. The van der Waals surface area contributed by atoms with Crippen LogP contribution in [0.4, 0.5) is 13.2 Å². The summed E-state index contributed by atoms with van der Waals surface area (Å²) >= 11 is 0. The number of unbranched alkanes of at least 4 members (excludes halogenated alkanes) is 3. The molecule has 0 spiro atoms. The Kier molecular flexibility index (Phi) is 7.65. The zero-order valence-electron chi connectivity index (χ0n) is 19.8. The number of benzene rings is 2. The molecule has 2 aliphatic carbocycles. The predicted octanol–water partition coefficient (Wildman–Crippen LogP) is 8.31. The van der Waals surface area contributed by atoms with E-state index in [1.807, 2.05) is 0 Å². The van der Waals surface area contributed by atoms with Gasteiger partial charge in [-0.15, -0.1) is 0 Å². The highest BCUT2D eigenvalue weighted by Gasteiger charge is 2.36. The van der Waals surface area contributed by atoms with E-state index in [1.54, 1.807) is 6.07 Å². The molecule has 2 aliphatic rings. The quantitative estimate of drug-likeness (QED) is 0.307. The highest BCUT2D eigenvalue weighted by molar-refractivity contribution is 5.96. The molecule has 2 nitrogen and oxygen atoms in total. The maximum Gasteiger partial charge on any atom is 0.343 e. The van der Waals surface area contributed by atoms with Crippen molar-refractivity contribution in [1.29, 1.82) is 0 Å². The van der Waals surface area contributed by atoms with Crippen LogP contribution in [0.15, 0.2) is 18.2 Å². The van der Waals surface area contributed by atoms with Crippen molar-refractivity contribution in [3.63, 3.8) is 0 Å². The van der Waals surface area contributed by atoms with E-state index in [1.165, 1.54) is 57.4 Å². The smallest absolute Gasteiger partial charge is 0.343 e. The normalized spacial score (nSPS) is 25.1. The van der Waals surface area contributed by atoms with E-state index in [-0.39, 0.29) is 16.7 Å². The maximum absolute atomic E-state index is 15.0. The van der Waals surface area contributed by atoms with Crippen LogP contribution >= 0.6 is 0 Å². The Labute approximate surface area is 194 Å². The van der Waals surface area contributed by atoms with Gasteiger partial charge in [-0.2, -0.15) is 0 Å². The molecule has 2 fully saturated rings. The molecule has 4 rings (SSSR count). The minimum Gasteiger partial charge on any atom is -0.465 e. The summed E-state index contributed by atoms with van der Waals surface area (Å²) in [4.78, 5) is 11.7.